The Hall–Kier alpha value is -3.32. The van der Waals surface area contributed by atoms with Crippen LogP contribution in [-0.4, -0.2) is 144 Å². The highest BCUT2D eigenvalue weighted by Crippen LogP contribution is 2.30. The van der Waals surface area contributed by atoms with Gasteiger partial charge in [-0.2, -0.15) is 0 Å². The molecule has 6 rings (SSSR count). The van der Waals surface area contributed by atoms with Gasteiger partial charge in [0.25, 0.3) is 0 Å². The van der Waals surface area contributed by atoms with E-state index in [4.69, 9.17) is 14.2 Å². The van der Waals surface area contributed by atoms with Gasteiger partial charge >= 0.3 is 6.09 Å². The third-order valence-corrected chi connectivity index (χ3v) is 10.4. The standard InChI is InChI=1S/C38H57N7O5/c1-38(2,3)50-37(47)44-16-14-42(15-17-44)24-30-9-12-41(13-10-30)18-19-48-20-21-49-34-8-4-6-31(22-34)32-7-5-11-45(26-32)36(46)28-43-25-33-23-39-29-40-35(33)27-43/h4,6,8,22-23,29-30,32H,5,7,9-21,24-28H2,1-3H3/t32-/m0/s1. The molecule has 1 atom stereocenters. The first-order chi connectivity index (χ1) is 24.2. The van der Waals surface area contributed by atoms with E-state index in [0.29, 0.717) is 44.7 Å². The van der Waals surface area contributed by atoms with Crippen molar-refractivity contribution in [2.45, 2.75) is 71.1 Å². The normalized spacial score (nSPS) is 21.3. The van der Waals surface area contributed by atoms with Crippen LogP contribution in [0.25, 0.3) is 0 Å². The molecule has 12 heteroatoms. The topological polar surface area (TPSA) is 104 Å². The summed E-state index contributed by atoms with van der Waals surface area (Å²) in [5, 5.41) is 0. The Labute approximate surface area is 298 Å². The predicted octanol–water partition coefficient (Wildman–Crippen LogP) is 3.86. The van der Waals surface area contributed by atoms with Crippen LogP contribution in [0, 0.1) is 5.92 Å². The number of hydrogen-bond acceptors (Lipinski definition) is 10. The number of piperidine rings is 2. The zero-order valence-electron chi connectivity index (χ0n) is 30.4. The summed E-state index contributed by atoms with van der Waals surface area (Å²) in [6.07, 6.45) is 7.75. The third-order valence-electron chi connectivity index (χ3n) is 10.4. The van der Waals surface area contributed by atoms with Crippen LogP contribution in [-0.2, 0) is 27.4 Å². The Morgan fingerprint density at radius 3 is 2.48 bits per heavy atom. The molecular formula is C38H57N7O5. The van der Waals surface area contributed by atoms with E-state index in [1.54, 1.807) is 6.33 Å². The van der Waals surface area contributed by atoms with Gasteiger partial charge in [-0.1, -0.05) is 12.1 Å². The number of nitrogens with zero attached hydrogens (tertiary/aromatic N) is 7. The average Bonchev–Trinajstić information content (AvgIpc) is 3.52. The molecule has 0 spiro atoms. The molecule has 0 N–H and O–H groups in total. The van der Waals surface area contributed by atoms with Gasteiger partial charge in [0.05, 0.1) is 25.5 Å². The lowest BCUT2D eigenvalue weighted by Gasteiger charge is -2.39. The van der Waals surface area contributed by atoms with Gasteiger partial charge in [0.1, 0.15) is 24.3 Å². The molecule has 0 saturated carbocycles. The van der Waals surface area contributed by atoms with E-state index in [9.17, 15) is 9.59 Å². The van der Waals surface area contributed by atoms with Crippen molar-refractivity contribution in [2.24, 2.45) is 5.92 Å². The monoisotopic (exact) mass is 691 g/mol. The van der Waals surface area contributed by atoms with E-state index in [1.165, 1.54) is 18.4 Å². The number of ether oxygens (including phenoxy) is 3. The molecule has 3 saturated heterocycles. The number of hydrogen-bond donors (Lipinski definition) is 0. The second-order valence-electron chi connectivity index (χ2n) is 15.4. The molecule has 2 aromatic rings. The molecule has 0 bridgehead atoms. The van der Waals surface area contributed by atoms with Gasteiger partial charge in [-0.3, -0.25) is 14.6 Å². The van der Waals surface area contributed by atoms with Crippen molar-refractivity contribution in [2.75, 3.05) is 91.8 Å². The molecule has 1 aromatic heterocycles. The lowest BCUT2D eigenvalue weighted by Crippen LogP contribution is -2.51. The molecule has 0 radical (unpaired) electrons. The van der Waals surface area contributed by atoms with Gasteiger partial charge in [-0.25, -0.2) is 14.8 Å². The summed E-state index contributed by atoms with van der Waals surface area (Å²) in [4.78, 5) is 45.1. The minimum absolute atomic E-state index is 0.191. The van der Waals surface area contributed by atoms with E-state index >= 15 is 0 Å². The van der Waals surface area contributed by atoms with Crippen LogP contribution in [0.15, 0.2) is 36.8 Å². The maximum atomic E-state index is 13.2. The SMILES string of the molecule is CC(C)(C)OC(=O)N1CCN(CC2CCN(CCOCCOc3cccc([C@H]4CCCN(C(=O)CN5Cc6cncnc6C5)C4)c3)CC2)CC1. The van der Waals surface area contributed by atoms with Crippen molar-refractivity contribution >= 4 is 12.0 Å². The van der Waals surface area contributed by atoms with Crippen LogP contribution in [0.3, 0.4) is 0 Å². The molecule has 2 amide bonds. The zero-order valence-corrected chi connectivity index (χ0v) is 30.4. The number of aromatic nitrogens is 2. The van der Waals surface area contributed by atoms with Crippen LogP contribution in [0.4, 0.5) is 4.79 Å². The third kappa shape index (κ3) is 10.6. The van der Waals surface area contributed by atoms with Crippen molar-refractivity contribution in [3.8, 4) is 5.75 Å². The number of likely N-dealkylation sites (tertiary alicyclic amines) is 2. The maximum Gasteiger partial charge on any atom is 0.410 e. The number of rotatable bonds is 12. The van der Waals surface area contributed by atoms with Crippen LogP contribution in [0.1, 0.15) is 69.2 Å². The summed E-state index contributed by atoms with van der Waals surface area (Å²) in [5.41, 5.74) is 2.94. The smallest absolute Gasteiger partial charge is 0.410 e. The minimum Gasteiger partial charge on any atom is -0.491 e. The zero-order chi connectivity index (χ0) is 34.9. The summed E-state index contributed by atoms with van der Waals surface area (Å²) in [6.45, 7) is 18.6. The summed E-state index contributed by atoms with van der Waals surface area (Å²) >= 11 is 0. The van der Waals surface area contributed by atoms with Gasteiger partial charge in [0.2, 0.25) is 5.91 Å². The molecule has 0 unspecified atom stereocenters. The molecule has 0 aliphatic carbocycles. The molecular weight excluding hydrogens is 634 g/mol. The second-order valence-corrected chi connectivity index (χ2v) is 15.4. The first-order valence-corrected chi connectivity index (χ1v) is 18.7. The maximum absolute atomic E-state index is 13.2. The van der Waals surface area contributed by atoms with Crippen LogP contribution in [0.2, 0.25) is 0 Å². The lowest BCUT2D eigenvalue weighted by molar-refractivity contribution is -0.133. The fourth-order valence-electron chi connectivity index (χ4n) is 7.62. The van der Waals surface area contributed by atoms with Crippen LogP contribution < -0.4 is 4.74 Å². The number of carbonyl (C=O) groups excluding carboxylic acids is 2. The van der Waals surface area contributed by atoms with E-state index < -0.39 is 5.60 Å². The van der Waals surface area contributed by atoms with Gasteiger partial charge in [-0.05, 0) is 83.2 Å². The number of piperazine rings is 1. The van der Waals surface area contributed by atoms with E-state index in [-0.39, 0.29) is 12.0 Å². The predicted molar refractivity (Wildman–Crippen MR) is 191 cm³/mol. The first-order valence-electron chi connectivity index (χ1n) is 18.7. The molecule has 1 aromatic carbocycles. The Morgan fingerprint density at radius 1 is 0.880 bits per heavy atom. The van der Waals surface area contributed by atoms with Gasteiger partial charge in [-0.15, -0.1) is 0 Å². The fourth-order valence-corrected chi connectivity index (χ4v) is 7.62. The van der Waals surface area contributed by atoms with Gasteiger partial charge in [0.15, 0.2) is 0 Å². The van der Waals surface area contributed by atoms with Crippen LogP contribution >= 0.6 is 0 Å². The van der Waals surface area contributed by atoms with E-state index in [1.807, 2.05) is 42.8 Å². The number of benzene rings is 1. The van der Waals surface area contributed by atoms with Crippen molar-refractivity contribution in [1.29, 1.82) is 0 Å². The number of amides is 2. The molecule has 4 aliphatic heterocycles. The van der Waals surface area contributed by atoms with Crippen molar-refractivity contribution in [3.63, 3.8) is 0 Å². The highest BCUT2D eigenvalue weighted by atomic mass is 16.6. The lowest BCUT2D eigenvalue weighted by atomic mass is 9.90. The highest BCUT2D eigenvalue weighted by Gasteiger charge is 2.30. The largest absolute Gasteiger partial charge is 0.491 e. The summed E-state index contributed by atoms with van der Waals surface area (Å²) in [6, 6.07) is 8.36. The highest BCUT2D eigenvalue weighted by molar-refractivity contribution is 5.78. The molecule has 4 aliphatic rings. The Bertz CT molecular complexity index is 1380. The summed E-state index contributed by atoms with van der Waals surface area (Å²) in [7, 11) is 0. The molecule has 50 heavy (non-hydrogen) atoms. The molecule has 12 nitrogen and oxygen atoms in total. The number of carbonyl (C=O) groups is 2. The Morgan fingerprint density at radius 2 is 1.70 bits per heavy atom. The van der Waals surface area contributed by atoms with Crippen LogP contribution in [0.5, 0.6) is 5.75 Å². The molecule has 3 fully saturated rings. The van der Waals surface area contributed by atoms with Crippen molar-refractivity contribution < 1.29 is 23.8 Å². The summed E-state index contributed by atoms with van der Waals surface area (Å²) < 4.78 is 17.6. The fraction of sp³-hybridized carbons (Fsp3) is 0.684. The Kier molecular flexibility index (Phi) is 12.6. The van der Waals surface area contributed by atoms with Crippen molar-refractivity contribution in [1.82, 2.24) is 34.5 Å². The van der Waals surface area contributed by atoms with Crippen molar-refractivity contribution in [3.05, 3.63) is 53.6 Å². The van der Waals surface area contributed by atoms with E-state index in [2.05, 4.69) is 42.9 Å². The average molecular weight is 692 g/mol. The second kappa shape index (κ2) is 17.3. The quantitative estimate of drug-likeness (QED) is 0.305. The molecule has 5 heterocycles. The Balaban J connectivity index is 0.821. The van der Waals surface area contributed by atoms with E-state index in [0.717, 1.165) is 102 Å². The van der Waals surface area contributed by atoms with Gasteiger partial charge < -0.3 is 28.9 Å². The minimum atomic E-state index is -0.447. The van der Waals surface area contributed by atoms with Gasteiger partial charge in [0, 0.05) is 83.1 Å². The first kappa shape index (κ1) is 36.5. The molecule has 274 valence electrons. The summed E-state index contributed by atoms with van der Waals surface area (Å²) in [5.74, 6) is 2.08. The number of fused-ring (bicyclic) bond motifs is 1.